The molecule has 0 aromatic rings. The number of hydrogen-bond donors (Lipinski definition) is 1. The van der Waals surface area contributed by atoms with Crippen LogP contribution in [0.2, 0.25) is 0 Å². The van der Waals surface area contributed by atoms with Gasteiger partial charge in [-0.1, -0.05) is 12.2 Å². The number of hydrogen-bond acceptors (Lipinski definition) is 3. The van der Waals surface area contributed by atoms with Crippen molar-refractivity contribution in [2.24, 2.45) is 0 Å². The molecule has 0 aliphatic carbocycles. The Kier molecular flexibility index (Phi) is 4.62. The Bertz CT molecular complexity index is 208. The molecule has 0 aromatic carbocycles. The molecule has 0 spiro atoms. The Morgan fingerprint density at radius 1 is 1.29 bits per heavy atom. The first-order valence-electron chi connectivity index (χ1n) is 5.00. The summed E-state index contributed by atoms with van der Waals surface area (Å²) < 4.78 is 0. The maximum atomic E-state index is 10.5. The van der Waals surface area contributed by atoms with E-state index in [9.17, 15) is 4.79 Å². The summed E-state index contributed by atoms with van der Waals surface area (Å²) in [4.78, 5) is 14.8. The van der Waals surface area contributed by atoms with Crippen LogP contribution in [0.25, 0.3) is 0 Å². The first kappa shape index (κ1) is 11.2. The highest BCUT2D eigenvalue weighted by molar-refractivity contribution is 5.69. The van der Waals surface area contributed by atoms with Crippen LogP contribution < -0.4 is 0 Å². The van der Waals surface area contributed by atoms with E-state index in [1.807, 2.05) is 17.9 Å². The van der Waals surface area contributed by atoms with Gasteiger partial charge in [-0.25, -0.2) is 0 Å². The van der Waals surface area contributed by atoms with Crippen LogP contribution in [0.15, 0.2) is 12.2 Å². The highest BCUT2D eigenvalue weighted by Gasteiger charge is 2.17. The molecule has 1 aliphatic heterocycles. The van der Waals surface area contributed by atoms with Crippen LogP contribution in [0.3, 0.4) is 0 Å². The Morgan fingerprint density at radius 3 is 2.36 bits per heavy atom. The van der Waals surface area contributed by atoms with Gasteiger partial charge < -0.3 is 5.11 Å². The lowest BCUT2D eigenvalue weighted by Gasteiger charge is -2.33. The third-order valence-corrected chi connectivity index (χ3v) is 2.42. The maximum Gasteiger partial charge on any atom is 0.317 e. The van der Waals surface area contributed by atoms with Crippen LogP contribution >= 0.6 is 0 Å². The van der Waals surface area contributed by atoms with Crippen molar-refractivity contribution in [2.75, 3.05) is 39.3 Å². The molecule has 4 nitrogen and oxygen atoms in total. The average Bonchev–Trinajstić information content (AvgIpc) is 2.16. The van der Waals surface area contributed by atoms with Gasteiger partial charge in [0, 0.05) is 32.7 Å². The molecule has 14 heavy (non-hydrogen) atoms. The van der Waals surface area contributed by atoms with Gasteiger partial charge >= 0.3 is 5.97 Å². The van der Waals surface area contributed by atoms with Crippen molar-refractivity contribution in [2.45, 2.75) is 6.92 Å². The first-order chi connectivity index (χ1) is 6.72. The number of carboxylic acids is 1. The second-order valence-corrected chi connectivity index (χ2v) is 3.54. The fraction of sp³-hybridized carbons (Fsp3) is 0.700. The smallest absolute Gasteiger partial charge is 0.317 e. The molecule has 0 amide bonds. The fourth-order valence-electron chi connectivity index (χ4n) is 1.58. The van der Waals surface area contributed by atoms with Gasteiger partial charge in [-0.3, -0.25) is 14.6 Å². The molecule has 1 N–H and O–H groups in total. The summed E-state index contributed by atoms with van der Waals surface area (Å²) in [5, 5.41) is 8.61. The zero-order chi connectivity index (χ0) is 10.4. The molecule has 1 saturated heterocycles. The van der Waals surface area contributed by atoms with E-state index in [0.29, 0.717) is 0 Å². The van der Waals surface area contributed by atoms with Gasteiger partial charge in [0.05, 0.1) is 6.54 Å². The first-order valence-corrected chi connectivity index (χ1v) is 5.00. The third kappa shape index (κ3) is 3.89. The number of piperazine rings is 1. The molecule has 0 unspecified atom stereocenters. The van der Waals surface area contributed by atoms with Gasteiger partial charge in [-0.05, 0) is 6.92 Å². The van der Waals surface area contributed by atoms with Crippen molar-refractivity contribution in [1.82, 2.24) is 9.80 Å². The van der Waals surface area contributed by atoms with Crippen molar-refractivity contribution in [3.05, 3.63) is 12.2 Å². The zero-order valence-corrected chi connectivity index (χ0v) is 8.65. The van der Waals surface area contributed by atoms with E-state index in [2.05, 4.69) is 11.0 Å². The standard InChI is InChI=1S/C10H18N2O2/c1-2-3-4-11-5-7-12(8-6-11)9-10(13)14/h2-3H,4-9H2,1H3,(H,13,14)/b3-2+. The van der Waals surface area contributed by atoms with Crippen LogP contribution in [-0.4, -0.2) is 60.1 Å². The van der Waals surface area contributed by atoms with Crippen LogP contribution in [-0.2, 0) is 4.79 Å². The Balaban J connectivity index is 2.20. The summed E-state index contributed by atoms with van der Waals surface area (Å²) in [5.41, 5.74) is 0. The minimum absolute atomic E-state index is 0.178. The Hall–Kier alpha value is -0.870. The van der Waals surface area contributed by atoms with E-state index >= 15 is 0 Å². The van der Waals surface area contributed by atoms with Crippen molar-refractivity contribution >= 4 is 5.97 Å². The highest BCUT2D eigenvalue weighted by atomic mass is 16.4. The van der Waals surface area contributed by atoms with Gasteiger partial charge in [0.2, 0.25) is 0 Å². The van der Waals surface area contributed by atoms with Crippen LogP contribution in [0.4, 0.5) is 0 Å². The van der Waals surface area contributed by atoms with Gasteiger partial charge in [0.1, 0.15) is 0 Å². The van der Waals surface area contributed by atoms with E-state index < -0.39 is 5.97 Å². The summed E-state index contributed by atoms with van der Waals surface area (Å²) in [6.07, 6.45) is 4.18. The largest absolute Gasteiger partial charge is 0.480 e. The minimum atomic E-state index is -0.730. The fourth-order valence-corrected chi connectivity index (χ4v) is 1.58. The van der Waals surface area contributed by atoms with Crippen molar-refractivity contribution in [1.29, 1.82) is 0 Å². The number of allylic oxidation sites excluding steroid dienone is 1. The maximum absolute atomic E-state index is 10.5. The summed E-state index contributed by atoms with van der Waals surface area (Å²) in [7, 11) is 0. The van der Waals surface area contributed by atoms with E-state index in [-0.39, 0.29) is 6.54 Å². The molecule has 1 aliphatic rings. The quantitative estimate of drug-likeness (QED) is 0.658. The lowest BCUT2D eigenvalue weighted by molar-refractivity contribution is -0.138. The van der Waals surface area contributed by atoms with E-state index in [1.54, 1.807) is 0 Å². The predicted octanol–water partition coefficient (Wildman–Crippen LogP) is 0.265. The van der Waals surface area contributed by atoms with Gasteiger partial charge in [0.15, 0.2) is 0 Å². The third-order valence-electron chi connectivity index (χ3n) is 2.42. The molecule has 1 heterocycles. The van der Waals surface area contributed by atoms with E-state index in [4.69, 9.17) is 5.11 Å². The molecule has 80 valence electrons. The Morgan fingerprint density at radius 2 is 1.86 bits per heavy atom. The molecule has 0 aromatic heterocycles. The number of carbonyl (C=O) groups is 1. The van der Waals surface area contributed by atoms with Gasteiger partial charge in [0.25, 0.3) is 0 Å². The van der Waals surface area contributed by atoms with Gasteiger partial charge in [-0.15, -0.1) is 0 Å². The topological polar surface area (TPSA) is 43.8 Å². The second kappa shape index (κ2) is 5.78. The normalized spacial score (nSPS) is 20.4. The lowest BCUT2D eigenvalue weighted by Crippen LogP contribution is -2.47. The average molecular weight is 198 g/mol. The molecular formula is C10H18N2O2. The van der Waals surface area contributed by atoms with E-state index in [1.165, 1.54) is 0 Å². The summed E-state index contributed by atoms with van der Waals surface area (Å²) >= 11 is 0. The summed E-state index contributed by atoms with van der Waals surface area (Å²) in [5.74, 6) is -0.730. The number of rotatable bonds is 4. The van der Waals surface area contributed by atoms with Crippen molar-refractivity contribution in [3.8, 4) is 0 Å². The van der Waals surface area contributed by atoms with Crippen LogP contribution in [0.5, 0.6) is 0 Å². The van der Waals surface area contributed by atoms with E-state index in [0.717, 1.165) is 32.7 Å². The molecule has 1 rings (SSSR count). The predicted molar refractivity (Wildman–Crippen MR) is 55.3 cm³/mol. The molecule has 0 bridgehead atoms. The SMILES string of the molecule is C/C=C/CN1CCN(CC(=O)O)CC1. The van der Waals surface area contributed by atoms with Crippen molar-refractivity contribution < 1.29 is 9.90 Å². The Labute approximate surface area is 84.8 Å². The molecular weight excluding hydrogens is 180 g/mol. The molecule has 4 heteroatoms. The monoisotopic (exact) mass is 198 g/mol. The van der Waals surface area contributed by atoms with Crippen LogP contribution in [0, 0.1) is 0 Å². The van der Waals surface area contributed by atoms with Gasteiger partial charge in [-0.2, -0.15) is 0 Å². The zero-order valence-electron chi connectivity index (χ0n) is 8.65. The molecule has 1 fully saturated rings. The number of aliphatic carboxylic acids is 1. The highest BCUT2D eigenvalue weighted by Crippen LogP contribution is 2.00. The molecule has 0 atom stereocenters. The molecule has 0 saturated carbocycles. The summed E-state index contributed by atoms with van der Waals surface area (Å²) in [6.45, 7) is 6.85. The number of carboxylic acid groups (broad SMARTS) is 1. The van der Waals surface area contributed by atoms with Crippen LogP contribution in [0.1, 0.15) is 6.92 Å². The summed E-state index contributed by atoms with van der Waals surface area (Å²) in [6, 6.07) is 0. The minimum Gasteiger partial charge on any atom is -0.480 e. The molecule has 0 radical (unpaired) electrons. The van der Waals surface area contributed by atoms with Crippen molar-refractivity contribution in [3.63, 3.8) is 0 Å². The second-order valence-electron chi connectivity index (χ2n) is 3.54. The lowest BCUT2D eigenvalue weighted by atomic mass is 10.3. The number of nitrogens with zero attached hydrogens (tertiary/aromatic N) is 2.